The van der Waals surface area contributed by atoms with Gasteiger partial charge in [0.15, 0.2) is 0 Å². The molecular weight excluding hydrogens is 228 g/mol. The van der Waals surface area contributed by atoms with Crippen molar-refractivity contribution in [2.75, 3.05) is 26.2 Å². The van der Waals surface area contributed by atoms with Crippen LogP contribution in [0, 0.1) is 23.2 Å². The second-order valence-electron chi connectivity index (χ2n) is 5.64. The van der Waals surface area contributed by atoms with Crippen molar-refractivity contribution in [3.05, 3.63) is 0 Å². The van der Waals surface area contributed by atoms with E-state index in [0.717, 1.165) is 19.5 Å². The van der Waals surface area contributed by atoms with Crippen molar-refractivity contribution in [1.82, 2.24) is 10.2 Å². The van der Waals surface area contributed by atoms with E-state index in [9.17, 15) is 4.79 Å². The molecule has 5 heteroatoms. The van der Waals surface area contributed by atoms with Gasteiger partial charge in [0, 0.05) is 6.54 Å². The molecule has 102 valence electrons. The minimum absolute atomic E-state index is 0.0783. The average Bonchev–Trinajstić information content (AvgIpc) is 2.76. The number of hydrogen-bond acceptors (Lipinski definition) is 4. The Hall–Kier alpha value is -1.12. The zero-order valence-electron chi connectivity index (χ0n) is 11.6. The van der Waals surface area contributed by atoms with Crippen LogP contribution in [0.4, 0.5) is 0 Å². The number of nitrogens with one attached hydrogen (secondary N) is 1. The smallest absolute Gasteiger partial charge is 0.235 e. The number of rotatable bonds is 5. The minimum atomic E-state index is -0.788. The molecule has 2 atom stereocenters. The maximum atomic E-state index is 11.9. The maximum Gasteiger partial charge on any atom is 0.235 e. The molecule has 1 saturated heterocycles. The van der Waals surface area contributed by atoms with E-state index in [2.05, 4.69) is 16.3 Å². The Kier molecular flexibility index (Phi) is 5.12. The third-order valence-electron chi connectivity index (χ3n) is 3.86. The normalized spacial score (nSPS) is 23.7. The number of nitrogens with zero attached hydrogens (tertiary/aromatic N) is 2. The Morgan fingerprint density at radius 2 is 2.33 bits per heavy atom. The lowest BCUT2D eigenvalue weighted by atomic mass is 9.90. The van der Waals surface area contributed by atoms with Gasteiger partial charge in [-0.05, 0) is 38.3 Å². The first-order chi connectivity index (χ1) is 8.41. The van der Waals surface area contributed by atoms with E-state index in [0.29, 0.717) is 19.0 Å². The summed E-state index contributed by atoms with van der Waals surface area (Å²) < 4.78 is 0. The van der Waals surface area contributed by atoms with Gasteiger partial charge < -0.3 is 11.1 Å². The van der Waals surface area contributed by atoms with Crippen LogP contribution in [-0.4, -0.2) is 42.5 Å². The van der Waals surface area contributed by atoms with Gasteiger partial charge in [0.25, 0.3) is 0 Å². The molecule has 1 aliphatic heterocycles. The van der Waals surface area contributed by atoms with Gasteiger partial charge in [-0.25, -0.2) is 0 Å². The predicted molar refractivity (Wildman–Crippen MR) is 70.6 cm³/mol. The van der Waals surface area contributed by atoms with Crippen LogP contribution in [0.1, 0.15) is 27.2 Å². The van der Waals surface area contributed by atoms with E-state index < -0.39 is 5.54 Å². The minimum Gasteiger partial charge on any atom is -0.337 e. The summed E-state index contributed by atoms with van der Waals surface area (Å²) in [4.78, 5) is 14.0. The van der Waals surface area contributed by atoms with Crippen LogP contribution in [0.5, 0.6) is 0 Å². The molecule has 0 radical (unpaired) electrons. The van der Waals surface area contributed by atoms with Crippen molar-refractivity contribution in [2.24, 2.45) is 17.6 Å². The van der Waals surface area contributed by atoms with Crippen LogP contribution < -0.4 is 11.1 Å². The Labute approximate surface area is 109 Å². The molecule has 0 spiro atoms. The summed E-state index contributed by atoms with van der Waals surface area (Å²) >= 11 is 0. The Balaban J connectivity index is 2.45. The number of nitrogens with two attached hydrogens (primary N) is 1. The van der Waals surface area contributed by atoms with Gasteiger partial charge in [0.2, 0.25) is 5.91 Å². The van der Waals surface area contributed by atoms with Gasteiger partial charge in [-0.15, -0.1) is 0 Å². The van der Waals surface area contributed by atoms with E-state index in [1.807, 2.05) is 13.8 Å². The van der Waals surface area contributed by atoms with Gasteiger partial charge in [-0.2, -0.15) is 5.26 Å². The fourth-order valence-corrected chi connectivity index (χ4v) is 2.08. The monoisotopic (exact) mass is 252 g/mol. The van der Waals surface area contributed by atoms with Crippen LogP contribution in [0.2, 0.25) is 0 Å². The highest BCUT2D eigenvalue weighted by atomic mass is 16.2. The third-order valence-corrected chi connectivity index (χ3v) is 3.86. The van der Waals surface area contributed by atoms with Crippen LogP contribution in [0.3, 0.4) is 0 Å². The SMILES string of the molecule is CC(C)C(C)(C#N)NC(=O)CN1CCC(CN)C1. The highest BCUT2D eigenvalue weighted by Gasteiger charge is 2.31. The van der Waals surface area contributed by atoms with Gasteiger partial charge in [-0.3, -0.25) is 9.69 Å². The number of carbonyl (C=O) groups excluding carboxylic acids is 1. The van der Waals surface area contributed by atoms with Gasteiger partial charge >= 0.3 is 0 Å². The Morgan fingerprint density at radius 1 is 1.67 bits per heavy atom. The number of amides is 1. The first-order valence-corrected chi connectivity index (χ1v) is 6.56. The lowest BCUT2D eigenvalue weighted by molar-refractivity contribution is -0.123. The highest BCUT2D eigenvalue weighted by Crippen LogP contribution is 2.16. The van der Waals surface area contributed by atoms with Crippen molar-refractivity contribution < 1.29 is 4.79 Å². The topological polar surface area (TPSA) is 82.2 Å². The predicted octanol–water partition coefficient (Wildman–Crippen LogP) is 0.321. The molecule has 0 aromatic carbocycles. The van der Waals surface area contributed by atoms with E-state index >= 15 is 0 Å². The van der Waals surface area contributed by atoms with Crippen LogP contribution in [0.15, 0.2) is 0 Å². The molecule has 2 unspecified atom stereocenters. The quantitative estimate of drug-likeness (QED) is 0.738. The molecule has 3 N–H and O–H groups in total. The molecule has 1 aliphatic rings. The maximum absolute atomic E-state index is 11.9. The van der Waals surface area contributed by atoms with Gasteiger partial charge in [0.05, 0.1) is 12.6 Å². The summed E-state index contributed by atoms with van der Waals surface area (Å²) in [5.41, 5.74) is 4.83. The summed E-state index contributed by atoms with van der Waals surface area (Å²) in [5, 5.41) is 12.0. The molecular formula is C13H24N4O. The molecule has 1 amide bonds. The lowest BCUT2D eigenvalue weighted by Gasteiger charge is -2.28. The Bertz CT molecular complexity index is 336. The van der Waals surface area contributed by atoms with Crippen molar-refractivity contribution in [3.8, 4) is 6.07 Å². The third kappa shape index (κ3) is 3.69. The molecule has 0 bridgehead atoms. The molecule has 5 nitrogen and oxygen atoms in total. The molecule has 0 aromatic heterocycles. The molecule has 0 saturated carbocycles. The van der Waals surface area contributed by atoms with Crippen molar-refractivity contribution in [1.29, 1.82) is 5.26 Å². The first kappa shape index (κ1) is 14.9. The molecule has 18 heavy (non-hydrogen) atoms. The van der Waals surface area contributed by atoms with Crippen LogP contribution in [0.25, 0.3) is 0 Å². The standard InChI is InChI=1S/C13H24N4O/c1-10(2)13(3,9-15)16-12(18)8-17-5-4-11(6-14)7-17/h10-11H,4-8,14H2,1-3H3,(H,16,18). The van der Waals surface area contributed by atoms with E-state index in [-0.39, 0.29) is 11.8 Å². The summed E-state index contributed by atoms with van der Waals surface area (Å²) in [6.07, 6.45) is 1.06. The zero-order chi connectivity index (χ0) is 13.8. The van der Waals surface area contributed by atoms with E-state index in [1.165, 1.54) is 0 Å². The van der Waals surface area contributed by atoms with Crippen LogP contribution >= 0.6 is 0 Å². The number of likely N-dealkylation sites (tertiary alicyclic amines) is 1. The van der Waals surface area contributed by atoms with Crippen molar-refractivity contribution in [2.45, 2.75) is 32.7 Å². The number of carbonyl (C=O) groups is 1. The molecule has 1 fully saturated rings. The largest absolute Gasteiger partial charge is 0.337 e. The molecule has 1 rings (SSSR count). The highest BCUT2D eigenvalue weighted by molar-refractivity contribution is 5.79. The molecule has 1 heterocycles. The summed E-state index contributed by atoms with van der Waals surface area (Å²) in [7, 11) is 0. The second kappa shape index (κ2) is 6.17. The van der Waals surface area contributed by atoms with Crippen molar-refractivity contribution in [3.63, 3.8) is 0 Å². The van der Waals surface area contributed by atoms with Gasteiger partial charge in [-0.1, -0.05) is 13.8 Å². The number of hydrogen-bond donors (Lipinski definition) is 2. The summed E-state index contributed by atoms with van der Waals surface area (Å²) in [5.74, 6) is 0.512. The summed E-state index contributed by atoms with van der Waals surface area (Å²) in [6.45, 7) is 8.48. The fraction of sp³-hybridized carbons (Fsp3) is 0.846. The number of nitriles is 1. The molecule has 0 aromatic rings. The zero-order valence-corrected chi connectivity index (χ0v) is 11.6. The fourth-order valence-electron chi connectivity index (χ4n) is 2.08. The summed E-state index contributed by atoms with van der Waals surface area (Å²) in [6, 6.07) is 2.18. The van der Waals surface area contributed by atoms with E-state index in [4.69, 9.17) is 11.0 Å². The second-order valence-corrected chi connectivity index (χ2v) is 5.64. The average molecular weight is 252 g/mol. The Morgan fingerprint density at radius 3 is 2.78 bits per heavy atom. The first-order valence-electron chi connectivity index (χ1n) is 6.56. The van der Waals surface area contributed by atoms with Gasteiger partial charge in [0.1, 0.15) is 5.54 Å². The van der Waals surface area contributed by atoms with E-state index in [1.54, 1.807) is 6.92 Å². The molecule has 0 aliphatic carbocycles. The van der Waals surface area contributed by atoms with Crippen LogP contribution in [-0.2, 0) is 4.79 Å². The lowest BCUT2D eigenvalue weighted by Crippen LogP contribution is -2.51. The van der Waals surface area contributed by atoms with Crippen molar-refractivity contribution >= 4 is 5.91 Å².